The van der Waals surface area contributed by atoms with Gasteiger partial charge in [-0.15, -0.1) is 0 Å². The number of likely N-dealkylation sites (tertiary alicyclic amines) is 1. The number of carbonyl (C=O) groups is 1. The SMILES string of the molecule is CC(O)CN1CCN(c2ccc(Oc3cc(CN4CCC(OC(=O)N(C)C)CC4)cc(-c4cc(Cl)cc(Cl)c4)n3)cn2)CC1. The fourth-order valence-corrected chi connectivity index (χ4v) is 6.04. The molecule has 44 heavy (non-hydrogen) atoms. The maximum atomic E-state index is 12.0. The molecule has 12 heteroatoms. The van der Waals surface area contributed by atoms with Gasteiger partial charge in [0.15, 0.2) is 0 Å². The number of hydrogen-bond acceptors (Lipinski definition) is 9. The Morgan fingerprint density at radius 1 is 1.00 bits per heavy atom. The Labute approximate surface area is 269 Å². The second-order valence-electron chi connectivity index (χ2n) is 11.7. The lowest BCUT2D eigenvalue weighted by Gasteiger charge is -2.35. The van der Waals surface area contributed by atoms with Crippen LogP contribution in [0.1, 0.15) is 25.3 Å². The van der Waals surface area contributed by atoms with Crippen LogP contribution in [0, 0.1) is 0 Å². The molecule has 1 aromatic carbocycles. The number of carbonyl (C=O) groups excluding carboxylic acids is 1. The first-order chi connectivity index (χ1) is 21.1. The van der Waals surface area contributed by atoms with Crippen molar-refractivity contribution in [1.29, 1.82) is 0 Å². The molecule has 4 heterocycles. The molecule has 2 aliphatic rings. The number of benzene rings is 1. The van der Waals surface area contributed by atoms with E-state index in [0.29, 0.717) is 40.5 Å². The number of β-amino-alcohol motifs (C(OH)–C–C–N with tert-alkyl or cyclic N) is 1. The van der Waals surface area contributed by atoms with E-state index in [1.54, 1.807) is 26.4 Å². The third kappa shape index (κ3) is 8.95. The van der Waals surface area contributed by atoms with Gasteiger partial charge in [-0.05, 0) is 61.7 Å². The molecule has 0 bridgehead atoms. The summed E-state index contributed by atoms with van der Waals surface area (Å²) in [6.07, 6.45) is 2.57. The van der Waals surface area contributed by atoms with E-state index in [2.05, 4.69) is 19.7 Å². The third-order valence-corrected chi connectivity index (χ3v) is 8.19. The molecule has 10 nitrogen and oxygen atoms in total. The van der Waals surface area contributed by atoms with Crippen LogP contribution >= 0.6 is 23.2 Å². The first-order valence-electron chi connectivity index (χ1n) is 15.0. The molecule has 1 unspecified atom stereocenters. The smallest absolute Gasteiger partial charge is 0.409 e. The number of anilines is 1. The average Bonchev–Trinajstić information content (AvgIpc) is 2.98. The number of amides is 1. The van der Waals surface area contributed by atoms with Gasteiger partial charge in [-0.25, -0.2) is 14.8 Å². The van der Waals surface area contributed by atoms with Crippen LogP contribution in [-0.4, -0.2) is 108 Å². The molecule has 236 valence electrons. The number of rotatable bonds is 9. The van der Waals surface area contributed by atoms with Crippen LogP contribution in [0.2, 0.25) is 10.0 Å². The van der Waals surface area contributed by atoms with E-state index in [0.717, 1.165) is 69.1 Å². The number of halogens is 2. The summed E-state index contributed by atoms with van der Waals surface area (Å²) in [5, 5.41) is 10.7. The van der Waals surface area contributed by atoms with Crippen molar-refractivity contribution in [2.75, 3.05) is 64.8 Å². The number of pyridine rings is 2. The van der Waals surface area contributed by atoms with Gasteiger partial charge in [-0.3, -0.25) is 9.80 Å². The van der Waals surface area contributed by atoms with Gasteiger partial charge in [-0.1, -0.05) is 23.2 Å². The normalized spacial score (nSPS) is 17.4. The van der Waals surface area contributed by atoms with Crippen LogP contribution < -0.4 is 9.64 Å². The number of aromatic nitrogens is 2. The number of ether oxygens (including phenoxy) is 2. The molecule has 3 aromatic rings. The highest BCUT2D eigenvalue weighted by molar-refractivity contribution is 6.35. The number of piperidine rings is 1. The van der Waals surface area contributed by atoms with Gasteiger partial charge in [0.1, 0.15) is 17.7 Å². The van der Waals surface area contributed by atoms with Crippen molar-refractivity contribution in [3.05, 3.63) is 64.3 Å². The van der Waals surface area contributed by atoms with Crippen molar-refractivity contribution in [2.24, 2.45) is 0 Å². The minimum absolute atomic E-state index is 0.0785. The van der Waals surface area contributed by atoms with E-state index in [1.807, 2.05) is 43.3 Å². The summed E-state index contributed by atoms with van der Waals surface area (Å²) >= 11 is 12.7. The molecule has 2 saturated heterocycles. The lowest BCUT2D eigenvalue weighted by atomic mass is 10.1. The number of nitrogens with zero attached hydrogens (tertiary/aromatic N) is 6. The van der Waals surface area contributed by atoms with E-state index in [-0.39, 0.29) is 18.3 Å². The number of hydrogen-bond donors (Lipinski definition) is 1. The lowest BCUT2D eigenvalue weighted by molar-refractivity contribution is 0.0343. The molecule has 1 N–H and O–H groups in total. The molecule has 0 spiro atoms. The summed E-state index contributed by atoms with van der Waals surface area (Å²) in [6.45, 7) is 8.28. The number of aliphatic hydroxyl groups excluding tert-OH is 1. The Morgan fingerprint density at radius 2 is 1.70 bits per heavy atom. The van der Waals surface area contributed by atoms with Crippen molar-refractivity contribution < 1.29 is 19.4 Å². The highest BCUT2D eigenvalue weighted by atomic mass is 35.5. The van der Waals surface area contributed by atoms with Gasteiger partial charge in [0, 0.05) is 88.1 Å². The van der Waals surface area contributed by atoms with Crippen molar-refractivity contribution in [3.8, 4) is 22.9 Å². The van der Waals surface area contributed by atoms with Gasteiger partial charge in [-0.2, -0.15) is 0 Å². The van der Waals surface area contributed by atoms with Gasteiger partial charge < -0.3 is 24.4 Å². The number of aliphatic hydroxyl groups is 1. The summed E-state index contributed by atoms with van der Waals surface area (Å²) in [4.78, 5) is 29.7. The Kier molecular flexibility index (Phi) is 10.8. The molecular weight excluding hydrogens is 603 g/mol. The van der Waals surface area contributed by atoms with Crippen molar-refractivity contribution in [3.63, 3.8) is 0 Å². The zero-order valence-electron chi connectivity index (χ0n) is 25.5. The standard InChI is InChI=1S/C32H40Cl2N6O4/c1-22(41)20-39-10-12-40(13-11-39)30-5-4-28(19-35-30)43-31-15-23(14-29(36-31)24-16-25(33)18-26(34)17-24)21-38-8-6-27(7-9-38)44-32(42)37(2)3/h4-5,14-19,22,27,41H,6-13,20-21H2,1-3H3. The summed E-state index contributed by atoms with van der Waals surface area (Å²) in [5.74, 6) is 1.93. The second kappa shape index (κ2) is 14.8. The monoisotopic (exact) mass is 642 g/mol. The fourth-order valence-electron chi connectivity index (χ4n) is 5.52. The van der Waals surface area contributed by atoms with E-state index in [1.165, 1.54) is 4.90 Å². The predicted molar refractivity (Wildman–Crippen MR) is 173 cm³/mol. The van der Waals surface area contributed by atoms with Crippen LogP contribution in [0.4, 0.5) is 10.6 Å². The second-order valence-corrected chi connectivity index (χ2v) is 12.6. The minimum atomic E-state index is -0.327. The minimum Gasteiger partial charge on any atom is -0.446 e. The molecule has 2 aromatic heterocycles. The largest absolute Gasteiger partial charge is 0.446 e. The summed E-state index contributed by atoms with van der Waals surface area (Å²) in [5.41, 5.74) is 2.53. The molecule has 2 aliphatic heterocycles. The summed E-state index contributed by atoms with van der Waals surface area (Å²) in [7, 11) is 3.39. The van der Waals surface area contributed by atoms with Gasteiger partial charge >= 0.3 is 6.09 Å². The molecule has 1 amide bonds. The van der Waals surface area contributed by atoms with Crippen LogP contribution in [-0.2, 0) is 11.3 Å². The van der Waals surface area contributed by atoms with Crippen molar-refractivity contribution in [1.82, 2.24) is 24.7 Å². The van der Waals surface area contributed by atoms with Crippen LogP contribution in [0.15, 0.2) is 48.7 Å². The Morgan fingerprint density at radius 3 is 2.32 bits per heavy atom. The molecule has 0 aliphatic carbocycles. The topological polar surface area (TPSA) is 94.5 Å². The van der Waals surface area contributed by atoms with Crippen molar-refractivity contribution in [2.45, 2.75) is 38.5 Å². The molecule has 1 atom stereocenters. The predicted octanol–water partition coefficient (Wildman–Crippen LogP) is 5.41. The van der Waals surface area contributed by atoms with Gasteiger partial charge in [0.2, 0.25) is 5.88 Å². The maximum absolute atomic E-state index is 12.0. The molecule has 2 fully saturated rings. The highest BCUT2D eigenvalue weighted by Gasteiger charge is 2.24. The fraction of sp³-hybridized carbons (Fsp3) is 0.469. The molecule has 5 rings (SSSR count). The maximum Gasteiger partial charge on any atom is 0.409 e. The Bertz CT molecular complexity index is 1390. The van der Waals surface area contributed by atoms with E-state index in [9.17, 15) is 9.90 Å². The molecule has 0 radical (unpaired) electrons. The first-order valence-corrected chi connectivity index (χ1v) is 15.7. The van der Waals surface area contributed by atoms with E-state index < -0.39 is 0 Å². The highest BCUT2D eigenvalue weighted by Crippen LogP contribution is 2.31. The lowest BCUT2D eigenvalue weighted by Crippen LogP contribution is -2.48. The van der Waals surface area contributed by atoms with Crippen LogP contribution in [0.3, 0.4) is 0 Å². The third-order valence-electron chi connectivity index (χ3n) is 7.76. The molecular formula is C32H40Cl2N6O4. The average molecular weight is 644 g/mol. The van der Waals surface area contributed by atoms with E-state index >= 15 is 0 Å². The van der Waals surface area contributed by atoms with Crippen LogP contribution in [0.5, 0.6) is 11.6 Å². The molecule has 0 saturated carbocycles. The zero-order chi connectivity index (χ0) is 31.2. The first kappa shape index (κ1) is 32.2. The summed E-state index contributed by atoms with van der Waals surface area (Å²) in [6, 6.07) is 13.2. The van der Waals surface area contributed by atoms with Crippen LogP contribution in [0.25, 0.3) is 11.3 Å². The number of piperazine rings is 1. The van der Waals surface area contributed by atoms with Gasteiger partial charge in [0.25, 0.3) is 0 Å². The van der Waals surface area contributed by atoms with E-state index in [4.69, 9.17) is 37.7 Å². The Balaban J connectivity index is 1.29. The van der Waals surface area contributed by atoms with Crippen molar-refractivity contribution >= 4 is 35.1 Å². The quantitative estimate of drug-likeness (QED) is 0.329. The van der Waals surface area contributed by atoms with Gasteiger partial charge in [0.05, 0.1) is 18.0 Å². The summed E-state index contributed by atoms with van der Waals surface area (Å²) < 4.78 is 11.8. The zero-order valence-corrected chi connectivity index (χ0v) is 27.0. The Hall–Kier alpha value is -3.15.